The van der Waals surface area contributed by atoms with Gasteiger partial charge in [0.25, 0.3) is 0 Å². The Kier molecular flexibility index (Phi) is 18.2. The maximum Gasteiger partial charge on any atom is 0.332 e. The largest absolute Gasteiger partial charge is 0.467 e. The highest BCUT2D eigenvalue weighted by Crippen LogP contribution is 2.15. The summed E-state index contributed by atoms with van der Waals surface area (Å²) in [6.07, 6.45) is 0.872. The van der Waals surface area contributed by atoms with E-state index in [2.05, 4.69) is 91.7 Å². The van der Waals surface area contributed by atoms with E-state index in [0.717, 1.165) is 0 Å². The third-order valence-electron chi connectivity index (χ3n) is 3.81. The Morgan fingerprint density at radius 1 is 0.553 bits per heavy atom. The fourth-order valence-corrected chi connectivity index (χ4v) is 15.0. The topological polar surface area (TPSA) is 89.5 Å². The van der Waals surface area contributed by atoms with Crippen molar-refractivity contribution >= 4 is 64.2 Å². The molecule has 0 unspecified atom stereocenters. The monoisotopic (exact) mass is 640 g/mol. The van der Waals surface area contributed by atoms with Crippen LogP contribution in [0.25, 0.3) is 0 Å². The standard InChI is InChI=1S/2C12H28O4Si3/c2*1-10(2)11(13)14-9-17-12(15-18(3,4)5)16-19(6,7)8/h2*12H,1,9,17H2,2-8H3. The molecular weight excluding hydrogens is 585 g/mol. The molecule has 14 heteroatoms. The van der Waals surface area contributed by atoms with E-state index in [1.54, 1.807) is 13.8 Å². The van der Waals surface area contributed by atoms with Crippen molar-refractivity contribution in [2.24, 2.45) is 0 Å². The molecule has 0 radical (unpaired) electrons. The number of hydrogen-bond acceptors (Lipinski definition) is 8. The minimum absolute atomic E-state index is 0.142. The van der Waals surface area contributed by atoms with Crippen LogP contribution in [0.15, 0.2) is 24.3 Å². The highest BCUT2D eigenvalue weighted by Gasteiger charge is 2.28. The summed E-state index contributed by atoms with van der Waals surface area (Å²) in [5, 5.41) is 0. The Bertz CT molecular complexity index is 668. The molecule has 0 saturated heterocycles. The fraction of sp³-hybridized carbons (Fsp3) is 0.750. The number of hydrogen-bond donors (Lipinski definition) is 0. The Balaban J connectivity index is 0. The van der Waals surface area contributed by atoms with Crippen LogP contribution in [0, 0.1) is 0 Å². The molecule has 0 fully saturated rings. The summed E-state index contributed by atoms with van der Waals surface area (Å²) in [6, 6.07) is 0. The first-order valence-corrected chi connectivity index (χ1v) is 30.4. The summed E-state index contributed by atoms with van der Waals surface area (Å²) in [5.41, 5.74) is 0.866. The number of carbonyl (C=O) groups is 2. The van der Waals surface area contributed by atoms with Gasteiger partial charge in [0, 0.05) is 11.1 Å². The van der Waals surface area contributed by atoms with Crippen LogP contribution in [0.5, 0.6) is 0 Å². The smallest absolute Gasteiger partial charge is 0.332 e. The number of carbonyl (C=O) groups excluding carboxylic acids is 2. The molecule has 0 spiro atoms. The van der Waals surface area contributed by atoms with E-state index in [0.29, 0.717) is 23.6 Å². The lowest BCUT2D eigenvalue weighted by atomic mass is 10.4. The van der Waals surface area contributed by atoms with Crippen LogP contribution in [0.4, 0.5) is 0 Å². The number of esters is 2. The molecule has 0 rings (SSSR count). The van der Waals surface area contributed by atoms with Gasteiger partial charge in [0.1, 0.15) is 30.9 Å². The lowest BCUT2D eigenvalue weighted by Gasteiger charge is -2.31. The average molecular weight is 641 g/mol. The summed E-state index contributed by atoms with van der Waals surface area (Å²) in [7, 11) is -8.12. The summed E-state index contributed by atoms with van der Waals surface area (Å²) in [4.78, 5) is 22.7. The van der Waals surface area contributed by atoms with E-state index < -0.39 is 52.3 Å². The molecule has 0 aromatic carbocycles. The van der Waals surface area contributed by atoms with Crippen LogP contribution in [0.3, 0.4) is 0 Å². The summed E-state index contributed by atoms with van der Waals surface area (Å²) in [5.74, 6) is -0.938. The van der Waals surface area contributed by atoms with Crippen LogP contribution < -0.4 is 0 Å². The van der Waals surface area contributed by atoms with Crippen molar-refractivity contribution in [1.29, 1.82) is 0 Å². The molecule has 0 heterocycles. The van der Waals surface area contributed by atoms with E-state index in [-0.39, 0.29) is 23.8 Å². The van der Waals surface area contributed by atoms with Crippen LogP contribution in [0.2, 0.25) is 78.6 Å². The molecule has 8 nitrogen and oxygen atoms in total. The van der Waals surface area contributed by atoms with Gasteiger partial charge in [-0.05, 0) is 92.4 Å². The third kappa shape index (κ3) is 27.1. The second kappa shape index (κ2) is 17.4. The third-order valence-corrected chi connectivity index (χ3v) is 11.5. The van der Waals surface area contributed by atoms with E-state index in [4.69, 9.17) is 27.2 Å². The van der Waals surface area contributed by atoms with E-state index in [9.17, 15) is 9.59 Å². The SMILES string of the molecule is C=C(C)C(=O)OC[SiH2]C(O[Si](C)(C)C)O[Si](C)(C)C.C=C(C)C(=O)OC[SiH2]C(O[Si](C)(C)C)O[Si](C)(C)C. The predicted molar refractivity (Wildman–Crippen MR) is 174 cm³/mol. The van der Waals surface area contributed by atoms with Crippen molar-refractivity contribution in [3.05, 3.63) is 24.3 Å². The van der Waals surface area contributed by atoms with Crippen molar-refractivity contribution < 1.29 is 36.8 Å². The van der Waals surface area contributed by atoms with Gasteiger partial charge in [0.15, 0.2) is 33.3 Å². The normalized spacial score (nSPS) is 13.3. The molecule has 0 amide bonds. The molecule has 0 aliphatic carbocycles. The molecule has 0 saturated carbocycles. The van der Waals surface area contributed by atoms with E-state index >= 15 is 0 Å². The van der Waals surface area contributed by atoms with E-state index in [1.807, 2.05) is 0 Å². The summed E-state index contributed by atoms with van der Waals surface area (Å²) < 4.78 is 34.5. The molecular formula is C24H56O8Si6. The highest BCUT2D eigenvalue weighted by atomic mass is 28.4. The minimum Gasteiger partial charge on any atom is -0.467 e. The molecule has 0 aromatic heterocycles. The fourth-order valence-electron chi connectivity index (χ4n) is 2.60. The molecule has 38 heavy (non-hydrogen) atoms. The maximum atomic E-state index is 11.3. The molecule has 0 aromatic rings. The maximum absolute atomic E-state index is 11.3. The zero-order valence-corrected chi connectivity index (χ0v) is 33.5. The molecule has 0 aliphatic heterocycles. The lowest BCUT2D eigenvalue weighted by Crippen LogP contribution is -2.44. The summed E-state index contributed by atoms with van der Waals surface area (Å²) in [6.45, 7) is 36.1. The molecule has 0 aliphatic rings. The van der Waals surface area contributed by atoms with Gasteiger partial charge in [0.2, 0.25) is 0 Å². The van der Waals surface area contributed by atoms with Gasteiger partial charge in [-0.15, -0.1) is 0 Å². The van der Waals surface area contributed by atoms with Crippen LogP contribution in [0.1, 0.15) is 13.8 Å². The Morgan fingerprint density at radius 2 is 0.763 bits per heavy atom. The second-order valence-corrected chi connectivity index (χ2v) is 34.3. The van der Waals surface area contributed by atoms with Gasteiger partial charge >= 0.3 is 11.9 Å². The molecule has 0 bridgehead atoms. The van der Waals surface area contributed by atoms with Crippen molar-refractivity contribution in [1.82, 2.24) is 0 Å². The average Bonchev–Trinajstić information content (AvgIpc) is 2.62. The molecule has 0 atom stereocenters. The van der Waals surface area contributed by atoms with Gasteiger partial charge in [-0.25, -0.2) is 9.59 Å². The second-order valence-electron chi connectivity index (χ2n) is 13.2. The predicted octanol–water partition coefficient (Wildman–Crippen LogP) is 4.44. The summed E-state index contributed by atoms with van der Waals surface area (Å²) >= 11 is 0. The van der Waals surface area contributed by atoms with Gasteiger partial charge in [-0.3, -0.25) is 0 Å². The Morgan fingerprint density at radius 3 is 0.921 bits per heavy atom. The molecule has 0 N–H and O–H groups in total. The Labute approximate surface area is 241 Å². The van der Waals surface area contributed by atoms with Crippen molar-refractivity contribution in [2.45, 2.75) is 104 Å². The number of rotatable bonds is 16. The van der Waals surface area contributed by atoms with Gasteiger partial charge in [0.05, 0.1) is 12.5 Å². The van der Waals surface area contributed by atoms with Crippen LogP contribution in [-0.4, -0.2) is 88.5 Å². The van der Waals surface area contributed by atoms with Crippen molar-refractivity contribution in [2.75, 3.05) is 12.5 Å². The first kappa shape index (κ1) is 39.7. The minimum atomic E-state index is -1.65. The van der Waals surface area contributed by atoms with Crippen molar-refractivity contribution in [3.63, 3.8) is 0 Å². The van der Waals surface area contributed by atoms with Gasteiger partial charge in [-0.2, -0.15) is 0 Å². The van der Waals surface area contributed by atoms with E-state index in [1.165, 1.54) is 0 Å². The highest BCUT2D eigenvalue weighted by molar-refractivity contribution is 6.72. The van der Waals surface area contributed by atoms with Crippen molar-refractivity contribution in [3.8, 4) is 0 Å². The number of ether oxygens (including phenoxy) is 2. The van der Waals surface area contributed by atoms with Gasteiger partial charge in [-0.1, -0.05) is 13.2 Å². The Hall–Kier alpha value is -0.439. The van der Waals surface area contributed by atoms with Crippen LogP contribution in [-0.2, 0) is 36.8 Å². The zero-order valence-electron chi connectivity index (χ0n) is 26.7. The first-order valence-electron chi connectivity index (χ1n) is 13.2. The zero-order chi connectivity index (χ0) is 30.5. The quantitative estimate of drug-likeness (QED) is 0.106. The molecule has 224 valence electrons. The van der Waals surface area contributed by atoms with Gasteiger partial charge < -0.3 is 27.2 Å². The first-order chi connectivity index (χ1) is 16.8. The van der Waals surface area contributed by atoms with Crippen LogP contribution >= 0.6 is 0 Å². The lowest BCUT2D eigenvalue weighted by molar-refractivity contribution is -0.138.